The van der Waals surface area contributed by atoms with E-state index in [1.165, 1.54) is 24.1 Å². The van der Waals surface area contributed by atoms with Crippen LogP contribution in [0, 0.1) is 5.82 Å². The van der Waals surface area contributed by atoms with Gasteiger partial charge in [0.2, 0.25) is 5.91 Å². The molecule has 0 aliphatic carbocycles. The molecule has 194 valence electrons. The second-order valence-corrected chi connectivity index (χ2v) is 8.96. The van der Waals surface area contributed by atoms with Crippen LogP contribution in [0.4, 0.5) is 10.1 Å². The number of nitrogens with one attached hydrogen (secondary N) is 2. The third kappa shape index (κ3) is 6.89. The standard InChI is InChI=1S/C27H36FN5O3/c1-5-20-8-10-24(14-25(20)19(3)34)32(17-26(35)30-12-11-29-6-2)18-27(36)31(4)33-15-21-7-9-23(28)13-22(21)16-33/h7-10,13-14,29H,5-6,11-12,15-18H2,1-4H3,(H,30,35). The highest BCUT2D eigenvalue weighted by molar-refractivity contribution is 5.97. The van der Waals surface area contributed by atoms with Crippen LogP contribution in [0.1, 0.15) is 47.8 Å². The minimum Gasteiger partial charge on any atom is -0.353 e. The van der Waals surface area contributed by atoms with Crippen LogP contribution in [0.15, 0.2) is 36.4 Å². The number of hydrogen-bond acceptors (Lipinski definition) is 6. The van der Waals surface area contributed by atoms with Crippen LogP contribution in [0.25, 0.3) is 0 Å². The number of hydrogen-bond donors (Lipinski definition) is 2. The summed E-state index contributed by atoms with van der Waals surface area (Å²) in [5.41, 5.74) is 3.98. The smallest absolute Gasteiger partial charge is 0.256 e. The van der Waals surface area contributed by atoms with E-state index in [1.54, 1.807) is 24.1 Å². The van der Waals surface area contributed by atoms with Crippen LogP contribution in [0.3, 0.4) is 0 Å². The number of carbonyl (C=O) groups is 3. The molecule has 2 aromatic rings. The zero-order valence-electron chi connectivity index (χ0n) is 21.6. The molecule has 8 nitrogen and oxygen atoms in total. The van der Waals surface area contributed by atoms with Gasteiger partial charge in [-0.25, -0.2) is 9.40 Å². The van der Waals surface area contributed by atoms with Crippen LogP contribution in [-0.2, 0) is 29.1 Å². The Morgan fingerprint density at radius 1 is 1.00 bits per heavy atom. The SMILES string of the molecule is CCNCCNC(=O)CN(CC(=O)N(C)N1Cc2ccc(F)cc2C1)c1ccc(CC)c(C(C)=O)c1. The lowest BCUT2D eigenvalue weighted by Gasteiger charge is -2.31. The van der Waals surface area contributed by atoms with E-state index in [9.17, 15) is 18.8 Å². The normalized spacial score (nSPS) is 12.8. The van der Waals surface area contributed by atoms with E-state index in [2.05, 4.69) is 10.6 Å². The summed E-state index contributed by atoms with van der Waals surface area (Å²) in [5, 5.41) is 9.40. The average molecular weight is 498 g/mol. The predicted molar refractivity (Wildman–Crippen MR) is 138 cm³/mol. The Morgan fingerprint density at radius 3 is 2.44 bits per heavy atom. The van der Waals surface area contributed by atoms with Gasteiger partial charge in [0.25, 0.3) is 5.91 Å². The summed E-state index contributed by atoms with van der Waals surface area (Å²) in [6, 6.07) is 10.1. The maximum Gasteiger partial charge on any atom is 0.256 e. The molecule has 0 atom stereocenters. The number of halogens is 1. The molecular weight excluding hydrogens is 461 g/mol. The van der Waals surface area contributed by atoms with Gasteiger partial charge in [0.05, 0.1) is 13.1 Å². The Kier molecular flexibility index (Phi) is 9.55. The molecule has 0 saturated carbocycles. The fraction of sp³-hybridized carbons (Fsp3) is 0.444. The Morgan fingerprint density at radius 2 is 1.75 bits per heavy atom. The third-order valence-corrected chi connectivity index (χ3v) is 6.41. The van der Waals surface area contributed by atoms with E-state index in [1.807, 2.05) is 31.0 Å². The van der Waals surface area contributed by atoms with Crippen molar-refractivity contribution < 1.29 is 18.8 Å². The zero-order chi connectivity index (χ0) is 26.2. The number of carbonyl (C=O) groups excluding carboxylic acids is 3. The van der Waals surface area contributed by atoms with Crippen molar-refractivity contribution in [1.29, 1.82) is 0 Å². The van der Waals surface area contributed by atoms with Crippen LogP contribution in [0.2, 0.25) is 0 Å². The van der Waals surface area contributed by atoms with Gasteiger partial charge in [-0.2, -0.15) is 0 Å². The molecule has 2 amide bonds. The van der Waals surface area contributed by atoms with Gasteiger partial charge in [0.15, 0.2) is 5.78 Å². The summed E-state index contributed by atoms with van der Waals surface area (Å²) in [5.74, 6) is -0.786. The molecule has 0 saturated heterocycles. The number of ketones is 1. The van der Waals surface area contributed by atoms with Gasteiger partial charge in [-0.05, 0) is 60.8 Å². The number of hydrazine groups is 1. The largest absolute Gasteiger partial charge is 0.353 e. The van der Waals surface area contributed by atoms with Crippen molar-refractivity contribution in [3.05, 3.63) is 64.5 Å². The van der Waals surface area contributed by atoms with Gasteiger partial charge in [-0.3, -0.25) is 19.4 Å². The Balaban J connectivity index is 1.76. The molecule has 0 radical (unpaired) electrons. The van der Waals surface area contributed by atoms with E-state index >= 15 is 0 Å². The second-order valence-electron chi connectivity index (χ2n) is 8.96. The van der Waals surface area contributed by atoms with Crippen LogP contribution < -0.4 is 15.5 Å². The number of amides is 2. The summed E-state index contributed by atoms with van der Waals surface area (Å²) < 4.78 is 13.6. The van der Waals surface area contributed by atoms with Crippen molar-refractivity contribution in [1.82, 2.24) is 20.7 Å². The number of rotatable bonds is 12. The minimum absolute atomic E-state index is 0.0278. The van der Waals surface area contributed by atoms with Gasteiger partial charge in [0.1, 0.15) is 5.82 Å². The molecule has 0 aromatic heterocycles. The van der Waals surface area contributed by atoms with Gasteiger partial charge in [-0.15, -0.1) is 0 Å². The first-order chi connectivity index (χ1) is 17.2. The molecule has 0 unspecified atom stereocenters. The fourth-order valence-corrected chi connectivity index (χ4v) is 4.31. The van der Waals surface area contributed by atoms with Crippen LogP contribution >= 0.6 is 0 Å². The van der Waals surface area contributed by atoms with E-state index < -0.39 is 0 Å². The van der Waals surface area contributed by atoms with Crippen molar-refractivity contribution >= 4 is 23.3 Å². The predicted octanol–water partition coefficient (Wildman–Crippen LogP) is 2.51. The molecular formula is C27H36FN5O3. The van der Waals surface area contributed by atoms with E-state index in [0.29, 0.717) is 43.9 Å². The Labute approximate surface area is 212 Å². The first kappa shape index (κ1) is 27.3. The van der Waals surface area contributed by atoms with E-state index in [-0.39, 0.29) is 36.5 Å². The highest BCUT2D eigenvalue weighted by atomic mass is 19.1. The number of likely N-dealkylation sites (N-methyl/N-ethyl adjacent to an activating group) is 2. The molecule has 3 rings (SSSR count). The summed E-state index contributed by atoms with van der Waals surface area (Å²) >= 11 is 0. The number of benzene rings is 2. The molecule has 9 heteroatoms. The summed E-state index contributed by atoms with van der Waals surface area (Å²) in [4.78, 5) is 40.0. The number of aryl methyl sites for hydroxylation is 1. The first-order valence-electron chi connectivity index (χ1n) is 12.4. The monoisotopic (exact) mass is 497 g/mol. The molecule has 1 heterocycles. The van der Waals surface area contributed by atoms with Crippen molar-refractivity contribution in [2.45, 2.75) is 40.3 Å². The van der Waals surface area contributed by atoms with Crippen LogP contribution in [-0.4, -0.2) is 67.4 Å². The van der Waals surface area contributed by atoms with E-state index in [4.69, 9.17) is 0 Å². The lowest BCUT2D eigenvalue weighted by Crippen LogP contribution is -2.48. The zero-order valence-corrected chi connectivity index (χ0v) is 21.6. The maximum absolute atomic E-state index is 13.6. The van der Waals surface area contributed by atoms with Gasteiger partial charge in [-0.1, -0.05) is 26.0 Å². The third-order valence-electron chi connectivity index (χ3n) is 6.41. The summed E-state index contributed by atoms with van der Waals surface area (Å²) in [7, 11) is 1.68. The highest BCUT2D eigenvalue weighted by Gasteiger charge is 2.27. The lowest BCUT2D eigenvalue weighted by atomic mass is 10.0. The first-order valence-corrected chi connectivity index (χ1v) is 12.4. The lowest BCUT2D eigenvalue weighted by molar-refractivity contribution is -0.145. The van der Waals surface area contributed by atoms with E-state index in [0.717, 1.165) is 23.2 Å². The van der Waals surface area contributed by atoms with Gasteiger partial charge in [0, 0.05) is 44.5 Å². The number of nitrogens with zero attached hydrogens (tertiary/aromatic N) is 3. The Hall–Kier alpha value is -3.30. The highest BCUT2D eigenvalue weighted by Crippen LogP contribution is 2.25. The van der Waals surface area contributed by atoms with Crippen molar-refractivity contribution in [2.75, 3.05) is 44.7 Å². The molecule has 0 spiro atoms. The molecule has 0 fully saturated rings. The van der Waals surface area contributed by atoms with Crippen molar-refractivity contribution in [2.24, 2.45) is 0 Å². The fourth-order valence-electron chi connectivity index (χ4n) is 4.31. The number of fused-ring (bicyclic) bond motifs is 1. The molecule has 0 bridgehead atoms. The molecule has 2 N–H and O–H groups in total. The molecule has 1 aliphatic heterocycles. The quantitative estimate of drug-likeness (QED) is 0.346. The number of Topliss-reactive ketones (excluding diaryl/α,β-unsaturated/α-hetero) is 1. The van der Waals surface area contributed by atoms with Gasteiger partial charge >= 0.3 is 0 Å². The van der Waals surface area contributed by atoms with Crippen molar-refractivity contribution in [3.63, 3.8) is 0 Å². The average Bonchev–Trinajstić information content (AvgIpc) is 3.28. The molecule has 36 heavy (non-hydrogen) atoms. The summed E-state index contributed by atoms with van der Waals surface area (Å²) in [6.45, 7) is 8.28. The minimum atomic E-state index is -0.298. The molecule has 2 aromatic carbocycles. The summed E-state index contributed by atoms with van der Waals surface area (Å²) in [6.07, 6.45) is 0.706. The molecule has 1 aliphatic rings. The van der Waals surface area contributed by atoms with Gasteiger partial charge < -0.3 is 15.5 Å². The van der Waals surface area contributed by atoms with Crippen LogP contribution in [0.5, 0.6) is 0 Å². The Bertz CT molecular complexity index is 1110. The maximum atomic E-state index is 13.6. The number of anilines is 1. The van der Waals surface area contributed by atoms with Crippen molar-refractivity contribution in [3.8, 4) is 0 Å². The second kappa shape index (κ2) is 12.6. The topological polar surface area (TPSA) is 85.0 Å².